The zero-order valence-corrected chi connectivity index (χ0v) is 23.4. The molecule has 1 N–H and O–H groups in total. The Morgan fingerprint density at radius 2 is 1.51 bits per heavy atom. The third kappa shape index (κ3) is 6.86. The molecule has 0 saturated carbocycles. The van der Waals surface area contributed by atoms with E-state index in [1.807, 2.05) is 47.4 Å². The largest absolute Gasteiger partial charge is 0.371 e. The second kappa shape index (κ2) is 12.9. The van der Waals surface area contributed by atoms with Gasteiger partial charge < -0.3 is 20.0 Å². The molecule has 5 rings (SSSR count). The number of nitrogens with one attached hydrogen (secondary N) is 1. The number of nitro benzene ring substituents is 1. The van der Waals surface area contributed by atoms with Crippen LogP contribution in [0.1, 0.15) is 35.2 Å². The van der Waals surface area contributed by atoms with Crippen LogP contribution in [0.2, 0.25) is 5.02 Å². The van der Waals surface area contributed by atoms with Gasteiger partial charge in [-0.2, -0.15) is 0 Å². The number of carbonyl (C=O) groups excluding carboxylic acids is 2. The van der Waals surface area contributed by atoms with Crippen molar-refractivity contribution in [2.24, 2.45) is 0 Å². The van der Waals surface area contributed by atoms with E-state index >= 15 is 0 Å². The minimum atomic E-state index is -0.491. The maximum absolute atomic E-state index is 13.3. The van der Waals surface area contributed by atoms with Gasteiger partial charge in [0.05, 0.1) is 26.9 Å². The summed E-state index contributed by atoms with van der Waals surface area (Å²) in [5.74, 6) is -0.448. The third-order valence-electron chi connectivity index (χ3n) is 7.49. The van der Waals surface area contributed by atoms with Gasteiger partial charge >= 0.3 is 0 Å². The van der Waals surface area contributed by atoms with E-state index in [2.05, 4.69) is 15.1 Å². The molecule has 0 atom stereocenters. The van der Waals surface area contributed by atoms with E-state index in [0.29, 0.717) is 42.6 Å². The Morgan fingerprint density at radius 1 is 0.829 bits per heavy atom. The molecule has 0 radical (unpaired) electrons. The first-order valence-corrected chi connectivity index (χ1v) is 14.2. The first kappa shape index (κ1) is 28.2. The van der Waals surface area contributed by atoms with E-state index in [1.165, 1.54) is 12.1 Å². The minimum Gasteiger partial charge on any atom is -0.371 e. The van der Waals surface area contributed by atoms with Crippen molar-refractivity contribution in [3.8, 4) is 0 Å². The van der Waals surface area contributed by atoms with E-state index in [9.17, 15) is 19.7 Å². The van der Waals surface area contributed by atoms with Crippen molar-refractivity contribution in [2.45, 2.75) is 19.3 Å². The Hall–Kier alpha value is -4.37. The maximum Gasteiger partial charge on any atom is 0.270 e. The molecule has 41 heavy (non-hydrogen) atoms. The van der Waals surface area contributed by atoms with E-state index in [1.54, 1.807) is 24.3 Å². The molecule has 2 heterocycles. The van der Waals surface area contributed by atoms with Crippen molar-refractivity contribution >= 4 is 52.2 Å². The highest BCUT2D eigenvalue weighted by atomic mass is 35.5. The molecular weight excluding hydrogens is 542 g/mol. The molecule has 0 aromatic heterocycles. The fourth-order valence-corrected chi connectivity index (χ4v) is 5.57. The van der Waals surface area contributed by atoms with Crippen LogP contribution in [0.15, 0.2) is 72.8 Å². The Labute approximate surface area is 244 Å². The van der Waals surface area contributed by atoms with Gasteiger partial charge in [0.1, 0.15) is 0 Å². The molecule has 9 nitrogen and oxygen atoms in total. The Morgan fingerprint density at radius 3 is 2.20 bits per heavy atom. The predicted octanol–water partition coefficient (Wildman–Crippen LogP) is 5.85. The average Bonchev–Trinajstić information content (AvgIpc) is 3.00. The zero-order chi connectivity index (χ0) is 28.8. The summed E-state index contributed by atoms with van der Waals surface area (Å²) in [5.41, 5.74) is 3.13. The molecule has 0 unspecified atom stereocenters. The summed E-state index contributed by atoms with van der Waals surface area (Å²) in [6.07, 6.45) is 6.59. The van der Waals surface area contributed by atoms with Gasteiger partial charge in [0, 0.05) is 63.2 Å². The number of piperazine rings is 1. The van der Waals surface area contributed by atoms with Gasteiger partial charge in [-0.05, 0) is 55.2 Å². The summed E-state index contributed by atoms with van der Waals surface area (Å²) in [6.45, 7) is 4.01. The molecule has 10 heteroatoms. The van der Waals surface area contributed by atoms with Gasteiger partial charge in [0.2, 0.25) is 5.91 Å². The molecule has 2 saturated heterocycles. The fraction of sp³-hybridized carbons (Fsp3) is 0.290. The lowest BCUT2D eigenvalue weighted by molar-refractivity contribution is -0.384. The smallest absolute Gasteiger partial charge is 0.270 e. The number of hydrogen-bond acceptors (Lipinski definition) is 6. The molecule has 3 aromatic carbocycles. The summed E-state index contributed by atoms with van der Waals surface area (Å²) in [7, 11) is 0. The van der Waals surface area contributed by atoms with Crippen LogP contribution in [0.4, 0.5) is 22.7 Å². The molecule has 0 aliphatic carbocycles. The van der Waals surface area contributed by atoms with Crippen molar-refractivity contribution < 1.29 is 14.5 Å². The van der Waals surface area contributed by atoms with Crippen LogP contribution in [-0.2, 0) is 4.79 Å². The number of carbonyl (C=O) groups is 2. The van der Waals surface area contributed by atoms with Crippen molar-refractivity contribution in [3.05, 3.63) is 99.1 Å². The SMILES string of the molecule is O=C(Nc1ccc(N2CCN(C(=O)/C=C/c3ccccc3)CC2)c(Cl)c1)c1cc([N+](=O)[O-])ccc1N1CCCCC1. The van der Waals surface area contributed by atoms with Crippen molar-refractivity contribution in [1.82, 2.24) is 4.90 Å². The lowest BCUT2D eigenvalue weighted by Crippen LogP contribution is -2.48. The number of rotatable bonds is 7. The summed E-state index contributed by atoms with van der Waals surface area (Å²) in [5, 5.41) is 14.8. The second-order valence-electron chi connectivity index (χ2n) is 10.2. The quantitative estimate of drug-likeness (QED) is 0.216. The number of benzene rings is 3. The maximum atomic E-state index is 13.3. The summed E-state index contributed by atoms with van der Waals surface area (Å²) < 4.78 is 0. The monoisotopic (exact) mass is 573 g/mol. The van der Waals surface area contributed by atoms with E-state index in [4.69, 9.17) is 11.6 Å². The first-order valence-electron chi connectivity index (χ1n) is 13.8. The Balaban J connectivity index is 1.23. The molecule has 2 aliphatic rings. The zero-order valence-electron chi connectivity index (χ0n) is 22.7. The fourth-order valence-electron chi connectivity index (χ4n) is 5.27. The summed E-state index contributed by atoms with van der Waals surface area (Å²) >= 11 is 6.65. The van der Waals surface area contributed by atoms with Crippen molar-refractivity contribution in [2.75, 3.05) is 54.4 Å². The number of halogens is 1. The standard InChI is InChI=1S/C31H32ClN5O4/c32-27-21-24(33-31(39)26-22-25(37(40)41)11-13-28(26)34-15-5-2-6-16-34)10-12-29(27)35-17-19-36(20-18-35)30(38)14-9-23-7-3-1-4-8-23/h1,3-4,7-14,21-22H,2,5-6,15-20H2,(H,33,39)/b14-9+. The lowest BCUT2D eigenvalue weighted by atomic mass is 10.1. The highest BCUT2D eigenvalue weighted by Gasteiger charge is 2.24. The van der Waals surface area contributed by atoms with Gasteiger partial charge in [0.25, 0.3) is 11.6 Å². The van der Waals surface area contributed by atoms with Gasteiger partial charge in [-0.1, -0.05) is 41.9 Å². The molecule has 212 valence electrons. The third-order valence-corrected chi connectivity index (χ3v) is 7.79. The van der Waals surface area contributed by atoms with Crippen molar-refractivity contribution in [1.29, 1.82) is 0 Å². The van der Waals surface area contributed by atoms with Gasteiger partial charge in [-0.25, -0.2) is 0 Å². The number of nitrogens with zero attached hydrogens (tertiary/aromatic N) is 4. The van der Waals surface area contributed by atoms with Gasteiger partial charge in [-0.3, -0.25) is 19.7 Å². The van der Waals surface area contributed by atoms with Crippen LogP contribution < -0.4 is 15.1 Å². The summed E-state index contributed by atoms with van der Waals surface area (Å²) in [4.78, 5) is 43.0. The van der Waals surface area contributed by atoms with E-state index in [-0.39, 0.29) is 17.2 Å². The average molecular weight is 574 g/mol. The molecule has 3 aromatic rings. The normalized spacial score (nSPS) is 15.7. The molecule has 2 amide bonds. The van der Waals surface area contributed by atoms with Crippen LogP contribution >= 0.6 is 11.6 Å². The molecular formula is C31H32ClN5O4. The van der Waals surface area contributed by atoms with Crippen LogP contribution in [0, 0.1) is 10.1 Å². The van der Waals surface area contributed by atoms with Crippen LogP contribution in [0.5, 0.6) is 0 Å². The second-order valence-corrected chi connectivity index (χ2v) is 10.6. The lowest BCUT2D eigenvalue weighted by Gasteiger charge is -2.36. The van der Waals surface area contributed by atoms with E-state index in [0.717, 1.165) is 43.6 Å². The number of nitro groups is 1. The van der Waals surface area contributed by atoms with Crippen LogP contribution in [-0.4, -0.2) is 60.9 Å². The molecule has 0 bridgehead atoms. The Kier molecular flexibility index (Phi) is 8.84. The van der Waals surface area contributed by atoms with Gasteiger partial charge in [0.15, 0.2) is 0 Å². The number of hydrogen-bond donors (Lipinski definition) is 1. The number of amides is 2. The van der Waals surface area contributed by atoms with Crippen LogP contribution in [0.25, 0.3) is 6.08 Å². The molecule has 0 spiro atoms. The van der Waals surface area contributed by atoms with E-state index < -0.39 is 10.8 Å². The highest BCUT2D eigenvalue weighted by molar-refractivity contribution is 6.33. The highest BCUT2D eigenvalue weighted by Crippen LogP contribution is 2.32. The van der Waals surface area contributed by atoms with Crippen molar-refractivity contribution in [3.63, 3.8) is 0 Å². The molecule has 2 aliphatic heterocycles. The summed E-state index contributed by atoms with van der Waals surface area (Å²) in [6, 6.07) is 19.5. The van der Waals surface area contributed by atoms with Crippen LogP contribution in [0.3, 0.4) is 0 Å². The first-order chi connectivity index (χ1) is 19.9. The molecule has 2 fully saturated rings. The minimum absolute atomic E-state index is 0.0252. The number of anilines is 3. The predicted molar refractivity (Wildman–Crippen MR) is 163 cm³/mol. The Bertz CT molecular complexity index is 1450. The van der Waals surface area contributed by atoms with Gasteiger partial charge in [-0.15, -0.1) is 0 Å². The topological polar surface area (TPSA) is 99.0 Å². The number of non-ortho nitro benzene ring substituents is 1. The number of piperidine rings is 1.